The minimum Gasteiger partial charge on any atom is -0.401 e. The highest BCUT2D eigenvalue weighted by atomic mass is 35.5. The first-order chi connectivity index (χ1) is 5.24. The van der Waals surface area contributed by atoms with Crippen molar-refractivity contribution in [2.24, 2.45) is 0 Å². The smallest absolute Gasteiger partial charge is 0.193 e. The number of rotatable bonds is 2. The molecule has 0 bridgehead atoms. The van der Waals surface area contributed by atoms with Crippen molar-refractivity contribution < 1.29 is 8.39 Å². The minimum atomic E-state index is -0.440. The first kappa shape index (κ1) is 8.84. The van der Waals surface area contributed by atoms with E-state index in [4.69, 9.17) is 23.2 Å². The van der Waals surface area contributed by atoms with Crippen LogP contribution in [0.5, 0.6) is 5.75 Å². The van der Waals surface area contributed by atoms with Crippen LogP contribution in [0.25, 0.3) is 0 Å². The van der Waals surface area contributed by atoms with Gasteiger partial charge in [-0.25, -0.2) is 4.21 Å². The predicted molar refractivity (Wildman–Crippen MR) is 46.6 cm³/mol. The molecule has 0 aromatic heterocycles. The molecule has 0 atom stereocenters. The van der Waals surface area contributed by atoms with Crippen LogP contribution < -0.4 is 4.18 Å². The average Bonchev–Trinajstić information content (AvgIpc) is 1.98. The molecule has 0 aliphatic rings. The van der Waals surface area contributed by atoms with Crippen molar-refractivity contribution in [2.45, 2.75) is 0 Å². The Morgan fingerprint density at radius 3 is 2.73 bits per heavy atom. The molecule has 0 N–H and O–H groups in total. The average molecular weight is 211 g/mol. The third kappa shape index (κ3) is 2.36. The van der Waals surface area contributed by atoms with Gasteiger partial charge in [-0.1, -0.05) is 23.2 Å². The summed E-state index contributed by atoms with van der Waals surface area (Å²) in [6, 6.07) is 4.69. The summed E-state index contributed by atoms with van der Waals surface area (Å²) in [5.41, 5.74) is 0. The van der Waals surface area contributed by atoms with E-state index in [1.54, 1.807) is 12.1 Å². The molecule has 5 heteroatoms. The molecule has 60 valence electrons. The van der Waals surface area contributed by atoms with Gasteiger partial charge in [-0.3, -0.25) is 0 Å². The Bertz CT molecular complexity index is 277. The monoisotopic (exact) mass is 210 g/mol. The highest BCUT2D eigenvalue weighted by Crippen LogP contribution is 2.27. The molecule has 2 nitrogen and oxygen atoms in total. The van der Waals surface area contributed by atoms with E-state index in [1.165, 1.54) is 6.07 Å². The molecule has 1 rings (SSSR count). The lowest BCUT2D eigenvalue weighted by molar-refractivity contribution is 0.582. The van der Waals surface area contributed by atoms with Crippen LogP contribution in [-0.4, -0.2) is 4.21 Å². The molecular weight excluding hydrogens is 207 g/mol. The zero-order valence-electron chi connectivity index (χ0n) is 5.25. The summed E-state index contributed by atoms with van der Waals surface area (Å²) in [7, 11) is 0. The van der Waals surface area contributed by atoms with Gasteiger partial charge in [0.2, 0.25) is 0 Å². The Labute approximate surface area is 77.8 Å². The normalized spacial score (nSPS) is 9.64. The van der Waals surface area contributed by atoms with Crippen molar-refractivity contribution >= 4 is 35.1 Å². The third-order valence-electron chi connectivity index (χ3n) is 1.03. The highest BCUT2D eigenvalue weighted by Gasteiger charge is 2.00. The molecule has 0 aliphatic carbocycles. The number of halogens is 2. The second-order valence-electron chi connectivity index (χ2n) is 1.74. The largest absolute Gasteiger partial charge is 0.401 e. The van der Waals surface area contributed by atoms with Crippen molar-refractivity contribution in [1.82, 2.24) is 0 Å². The van der Waals surface area contributed by atoms with Crippen molar-refractivity contribution in [3.8, 4) is 5.75 Å². The van der Waals surface area contributed by atoms with E-state index in [2.05, 4.69) is 4.18 Å². The molecule has 11 heavy (non-hydrogen) atoms. The maximum absolute atomic E-state index is 10.0. The summed E-state index contributed by atoms with van der Waals surface area (Å²) in [5.74, 6) is 0.316. The summed E-state index contributed by atoms with van der Waals surface area (Å²) < 4.78 is 14.6. The van der Waals surface area contributed by atoms with Gasteiger partial charge in [0.25, 0.3) is 0 Å². The Balaban J connectivity index is 3.01. The molecule has 0 amide bonds. The van der Waals surface area contributed by atoms with Crippen LogP contribution in [0.1, 0.15) is 0 Å². The van der Waals surface area contributed by atoms with Crippen molar-refractivity contribution in [3.63, 3.8) is 0 Å². The van der Waals surface area contributed by atoms with Gasteiger partial charge < -0.3 is 4.18 Å². The number of benzene rings is 1. The fraction of sp³-hybridized carbons (Fsp3) is 0. The minimum absolute atomic E-state index is 0.316. The van der Waals surface area contributed by atoms with Crippen LogP contribution in [0.4, 0.5) is 0 Å². The van der Waals surface area contributed by atoms with Gasteiger partial charge in [-0.05, 0) is 12.1 Å². The maximum Gasteiger partial charge on any atom is 0.193 e. The van der Waals surface area contributed by atoms with Gasteiger partial charge in [-0.2, -0.15) is 0 Å². The lowest BCUT2D eigenvalue weighted by Crippen LogP contribution is -1.84. The first-order valence-electron chi connectivity index (χ1n) is 2.69. The maximum atomic E-state index is 10.0. The molecule has 0 radical (unpaired) electrons. The topological polar surface area (TPSA) is 26.3 Å². The van der Waals surface area contributed by atoms with Gasteiger partial charge in [0.05, 0.1) is 5.02 Å². The van der Waals surface area contributed by atoms with Crippen LogP contribution in [0.3, 0.4) is 0 Å². The predicted octanol–water partition coefficient (Wildman–Crippen LogP) is 2.23. The molecule has 0 fully saturated rings. The number of hydrogen-bond acceptors (Lipinski definition) is 2. The third-order valence-corrected chi connectivity index (χ3v) is 1.85. The second-order valence-corrected chi connectivity index (χ2v) is 2.92. The summed E-state index contributed by atoms with van der Waals surface area (Å²) in [6.07, 6.45) is 0. The standard InChI is InChI=1S/C6H4Cl2O2S/c7-4-1-2-5(8)6(3-4)10-11-9/h1-3,11H. The van der Waals surface area contributed by atoms with E-state index in [9.17, 15) is 4.21 Å². The Hall–Kier alpha value is -0.250. The van der Waals surface area contributed by atoms with Crippen molar-refractivity contribution in [2.75, 3.05) is 0 Å². The molecule has 0 saturated heterocycles. The fourth-order valence-electron chi connectivity index (χ4n) is 0.587. The summed E-state index contributed by atoms with van der Waals surface area (Å²) >= 11 is 10.8. The van der Waals surface area contributed by atoms with Crippen molar-refractivity contribution in [1.29, 1.82) is 0 Å². The van der Waals surface area contributed by atoms with Gasteiger partial charge in [0.15, 0.2) is 17.7 Å². The first-order valence-corrected chi connectivity index (χ1v) is 4.17. The van der Waals surface area contributed by atoms with E-state index in [0.717, 1.165) is 0 Å². The quantitative estimate of drug-likeness (QED) is 0.759. The zero-order chi connectivity index (χ0) is 8.27. The molecular formula is C6H4Cl2O2S. The van der Waals surface area contributed by atoms with Crippen LogP contribution in [0, 0.1) is 0 Å². The molecule has 0 spiro atoms. The number of thiol groups is 1. The molecule has 0 saturated carbocycles. The van der Waals surface area contributed by atoms with Crippen LogP contribution >= 0.6 is 23.2 Å². The van der Waals surface area contributed by atoms with Crippen LogP contribution in [0.15, 0.2) is 18.2 Å². The molecule has 0 aliphatic heterocycles. The van der Waals surface area contributed by atoms with Crippen molar-refractivity contribution in [3.05, 3.63) is 28.2 Å². The molecule has 1 aromatic carbocycles. The SMILES string of the molecule is O=[SH]Oc1cc(Cl)ccc1Cl. The van der Waals surface area contributed by atoms with Gasteiger partial charge >= 0.3 is 0 Å². The van der Waals surface area contributed by atoms with Crippen LogP contribution in [-0.2, 0) is 11.9 Å². The van der Waals surface area contributed by atoms with Crippen LogP contribution in [0.2, 0.25) is 10.0 Å². The molecule has 0 heterocycles. The Morgan fingerprint density at radius 2 is 2.09 bits per heavy atom. The molecule has 1 aromatic rings. The highest BCUT2D eigenvalue weighted by molar-refractivity contribution is 7.60. The lowest BCUT2D eigenvalue weighted by atomic mass is 10.3. The van der Waals surface area contributed by atoms with Gasteiger partial charge in [0, 0.05) is 11.1 Å². The second kappa shape index (κ2) is 3.95. The fourth-order valence-corrected chi connectivity index (χ4v) is 1.19. The number of hydrogen-bond donors (Lipinski definition) is 1. The summed E-state index contributed by atoms with van der Waals surface area (Å²) in [6.45, 7) is 0. The van der Waals surface area contributed by atoms with Gasteiger partial charge in [-0.15, -0.1) is 0 Å². The van der Waals surface area contributed by atoms with E-state index in [1.807, 2.05) is 0 Å². The van der Waals surface area contributed by atoms with E-state index in [0.29, 0.717) is 15.8 Å². The van der Waals surface area contributed by atoms with E-state index < -0.39 is 11.9 Å². The van der Waals surface area contributed by atoms with E-state index in [-0.39, 0.29) is 0 Å². The van der Waals surface area contributed by atoms with E-state index >= 15 is 0 Å². The summed E-state index contributed by atoms with van der Waals surface area (Å²) in [4.78, 5) is 0. The lowest BCUT2D eigenvalue weighted by Gasteiger charge is -1.99. The summed E-state index contributed by atoms with van der Waals surface area (Å²) in [5, 5.41) is 0.880. The Kier molecular flexibility index (Phi) is 3.17. The zero-order valence-corrected chi connectivity index (χ0v) is 7.66. The van der Waals surface area contributed by atoms with Gasteiger partial charge in [0.1, 0.15) is 0 Å². The molecule has 0 unspecified atom stereocenters. The Morgan fingerprint density at radius 1 is 1.36 bits per heavy atom.